The molecule has 2 aliphatic carbocycles. The van der Waals surface area contributed by atoms with E-state index in [0.29, 0.717) is 5.82 Å². The van der Waals surface area contributed by atoms with E-state index in [2.05, 4.69) is 172 Å². The molecule has 2 heterocycles. The number of hydrogen-bond donors (Lipinski definition) is 0. The number of benzene rings is 7. The molecule has 0 atom stereocenters. The lowest BCUT2D eigenvalue weighted by atomic mass is 9.72. The van der Waals surface area contributed by atoms with Gasteiger partial charge in [-0.1, -0.05) is 167 Å². The maximum Gasteiger partial charge on any atom is 0.160 e. The Hall–Kier alpha value is -6.58. The molecule has 3 nitrogen and oxygen atoms in total. The summed E-state index contributed by atoms with van der Waals surface area (Å²) in [5, 5.41) is 2.61. The van der Waals surface area contributed by atoms with Crippen LogP contribution in [0.2, 0.25) is 0 Å². The van der Waals surface area contributed by atoms with Crippen molar-refractivity contribution in [2.45, 2.75) is 38.5 Å². The molecule has 262 valence electrons. The van der Waals surface area contributed by atoms with E-state index in [-0.39, 0.29) is 10.8 Å². The van der Waals surface area contributed by atoms with Gasteiger partial charge in [0.25, 0.3) is 0 Å². The van der Waals surface area contributed by atoms with Gasteiger partial charge < -0.3 is 4.57 Å². The largest absolute Gasteiger partial charge is 0.309 e. The Morgan fingerprint density at radius 2 is 0.982 bits per heavy atom. The molecule has 0 amide bonds. The van der Waals surface area contributed by atoms with Gasteiger partial charge in [-0.15, -0.1) is 0 Å². The summed E-state index contributed by atoms with van der Waals surface area (Å²) in [6.07, 6.45) is 0. The number of rotatable bonds is 4. The molecule has 0 saturated heterocycles. The lowest BCUT2D eigenvalue weighted by Crippen LogP contribution is -2.24. The van der Waals surface area contributed by atoms with Gasteiger partial charge in [-0.25, -0.2) is 9.97 Å². The minimum atomic E-state index is -0.185. The van der Waals surface area contributed by atoms with Crippen LogP contribution in [0.4, 0.5) is 0 Å². The molecule has 0 saturated carbocycles. The van der Waals surface area contributed by atoms with Gasteiger partial charge in [0.2, 0.25) is 0 Å². The third-order valence-corrected chi connectivity index (χ3v) is 12.3. The van der Waals surface area contributed by atoms with E-state index in [0.717, 1.165) is 33.8 Å². The number of hydrogen-bond acceptors (Lipinski definition) is 2. The van der Waals surface area contributed by atoms with E-state index in [4.69, 9.17) is 9.97 Å². The van der Waals surface area contributed by atoms with Crippen molar-refractivity contribution in [3.05, 3.63) is 186 Å². The summed E-state index contributed by atoms with van der Waals surface area (Å²) in [7, 11) is 0. The highest BCUT2D eigenvalue weighted by atomic mass is 15.0. The first-order chi connectivity index (χ1) is 26.8. The average Bonchev–Trinajstić information content (AvgIpc) is 3.78. The normalized spacial score (nSPS) is 14.5. The zero-order valence-corrected chi connectivity index (χ0v) is 31.4. The van der Waals surface area contributed by atoms with E-state index >= 15 is 0 Å². The summed E-state index contributed by atoms with van der Waals surface area (Å²) in [6, 6.07) is 59.0. The Balaban J connectivity index is 1.24. The minimum absolute atomic E-state index is 0.160. The van der Waals surface area contributed by atoms with Crippen LogP contribution in [0.15, 0.2) is 164 Å². The van der Waals surface area contributed by atoms with Gasteiger partial charge in [0, 0.05) is 49.5 Å². The first kappa shape index (κ1) is 31.9. The fourth-order valence-electron chi connectivity index (χ4n) is 9.91. The van der Waals surface area contributed by atoms with Crippen LogP contribution in [-0.2, 0) is 10.8 Å². The monoisotopic (exact) mass is 705 g/mol. The van der Waals surface area contributed by atoms with Crippen molar-refractivity contribution in [2.24, 2.45) is 0 Å². The summed E-state index contributed by atoms with van der Waals surface area (Å²) < 4.78 is 2.54. The van der Waals surface area contributed by atoms with E-state index in [1.807, 2.05) is 24.3 Å². The molecule has 2 aromatic heterocycles. The molecule has 55 heavy (non-hydrogen) atoms. The van der Waals surface area contributed by atoms with Crippen LogP contribution in [0.25, 0.3) is 83.6 Å². The predicted octanol–water partition coefficient (Wildman–Crippen LogP) is 13.2. The van der Waals surface area contributed by atoms with Crippen LogP contribution in [0, 0.1) is 0 Å². The molecule has 2 aliphatic rings. The second kappa shape index (κ2) is 11.5. The van der Waals surface area contributed by atoms with Crippen molar-refractivity contribution in [1.82, 2.24) is 14.5 Å². The molecule has 0 unspecified atom stereocenters. The van der Waals surface area contributed by atoms with Crippen molar-refractivity contribution in [3.8, 4) is 61.8 Å². The van der Waals surface area contributed by atoms with Gasteiger partial charge in [-0.05, 0) is 63.2 Å². The molecule has 0 bridgehead atoms. The van der Waals surface area contributed by atoms with Gasteiger partial charge >= 0.3 is 0 Å². The standard InChI is InChI=1S/C52H39N3/c1-51(2)39-27-14-11-24-36(39)44-45-38-26-13-16-29-43(38)55(49(45)46-37-25-12-15-28-40(37)52(3,4)48(46)47(44)51)35-23-17-22-34(30-35)42-31-41(32-18-7-5-8-19-32)53-50(54-42)33-20-9-6-10-21-33/h5-31H,1-4H3. The second-order valence-corrected chi connectivity index (χ2v) is 16.2. The maximum absolute atomic E-state index is 5.22. The highest BCUT2D eigenvalue weighted by molar-refractivity contribution is 6.23. The fraction of sp³-hybridized carbons (Fsp3) is 0.115. The van der Waals surface area contributed by atoms with E-state index in [1.165, 1.54) is 66.3 Å². The Bertz CT molecular complexity index is 2960. The first-order valence-corrected chi connectivity index (χ1v) is 19.3. The Morgan fingerprint density at radius 3 is 1.67 bits per heavy atom. The smallest absolute Gasteiger partial charge is 0.160 e. The summed E-state index contributed by atoms with van der Waals surface area (Å²) in [4.78, 5) is 10.3. The number of para-hydroxylation sites is 1. The zero-order chi connectivity index (χ0) is 37.1. The van der Waals surface area contributed by atoms with Crippen LogP contribution in [0.5, 0.6) is 0 Å². The third kappa shape index (κ3) is 4.44. The third-order valence-electron chi connectivity index (χ3n) is 12.3. The van der Waals surface area contributed by atoms with Crippen LogP contribution < -0.4 is 0 Å². The Morgan fingerprint density at radius 1 is 0.455 bits per heavy atom. The van der Waals surface area contributed by atoms with Gasteiger partial charge in [0.1, 0.15) is 0 Å². The molecular formula is C52H39N3. The molecule has 0 N–H and O–H groups in total. The van der Waals surface area contributed by atoms with Gasteiger partial charge in [-0.2, -0.15) is 0 Å². The quantitative estimate of drug-likeness (QED) is 0.182. The average molecular weight is 706 g/mol. The van der Waals surface area contributed by atoms with Crippen molar-refractivity contribution < 1.29 is 0 Å². The van der Waals surface area contributed by atoms with E-state index in [9.17, 15) is 0 Å². The molecule has 7 aromatic carbocycles. The van der Waals surface area contributed by atoms with Crippen LogP contribution >= 0.6 is 0 Å². The molecule has 9 aromatic rings. The van der Waals surface area contributed by atoms with Gasteiger partial charge in [0.15, 0.2) is 5.82 Å². The summed E-state index contributed by atoms with van der Waals surface area (Å²) in [5.74, 6) is 0.715. The second-order valence-electron chi connectivity index (χ2n) is 16.2. The minimum Gasteiger partial charge on any atom is -0.309 e. The molecule has 3 heteroatoms. The van der Waals surface area contributed by atoms with Gasteiger partial charge in [-0.3, -0.25) is 0 Å². The molecule has 0 radical (unpaired) electrons. The van der Waals surface area contributed by atoms with Gasteiger partial charge in [0.05, 0.1) is 22.4 Å². The number of nitrogens with zero attached hydrogens (tertiary/aromatic N) is 3. The summed E-state index contributed by atoms with van der Waals surface area (Å²) in [5.41, 5.74) is 19.3. The lowest BCUT2D eigenvalue weighted by Gasteiger charge is -2.31. The molecule has 0 fully saturated rings. The topological polar surface area (TPSA) is 30.7 Å². The van der Waals surface area contributed by atoms with E-state index in [1.54, 1.807) is 0 Å². The predicted molar refractivity (Wildman–Crippen MR) is 228 cm³/mol. The SMILES string of the molecule is CC1(C)c2ccccc2-c2c1c1c(c3c2c2ccccc2n3-c2cccc(-c3cc(-c4ccccc4)nc(-c4ccccc4)n3)c2)-c2ccccc2C1(C)C. The van der Waals surface area contributed by atoms with Crippen LogP contribution in [0.1, 0.15) is 49.9 Å². The number of aromatic nitrogens is 3. The molecule has 11 rings (SSSR count). The van der Waals surface area contributed by atoms with Crippen molar-refractivity contribution in [3.63, 3.8) is 0 Å². The van der Waals surface area contributed by atoms with Crippen LogP contribution in [0.3, 0.4) is 0 Å². The molecule has 0 aliphatic heterocycles. The lowest BCUT2D eigenvalue weighted by molar-refractivity contribution is 0.602. The van der Waals surface area contributed by atoms with Crippen molar-refractivity contribution in [2.75, 3.05) is 0 Å². The zero-order valence-electron chi connectivity index (χ0n) is 31.4. The van der Waals surface area contributed by atoms with Crippen molar-refractivity contribution in [1.29, 1.82) is 0 Å². The van der Waals surface area contributed by atoms with Crippen molar-refractivity contribution >= 4 is 21.8 Å². The fourth-order valence-corrected chi connectivity index (χ4v) is 9.91. The van der Waals surface area contributed by atoms with Crippen LogP contribution in [-0.4, -0.2) is 14.5 Å². The highest BCUT2D eigenvalue weighted by Crippen LogP contribution is 2.63. The summed E-state index contributed by atoms with van der Waals surface area (Å²) >= 11 is 0. The maximum atomic E-state index is 5.22. The summed E-state index contributed by atoms with van der Waals surface area (Å²) in [6.45, 7) is 9.72. The Kier molecular flexibility index (Phi) is 6.65. The molecular weight excluding hydrogens is 667 g/mol. The highest BCUT2D eigenvalue weighted by Gasteiger charge is 2.48. The van der Waals surface area contributed by atoms with E-state index < -0.39 is 0 Å². The first-order valence-electron chi connectivity index (χ1n) is 19.3. The Labute approximate surface area is 321 Å². The number of fused-ring (bicyclic) bond motifs is 12. The molecule has 0 spiro atoms.